The molecule has 2 aliphatic heterocycles. The number of hydrogen-bond acceptors (Lipinski definition) is 23. The summed E-state index contributed by atoms with van der Waals surface area (Å²) in [6.07, 6.45) is -13.6. The van der Waals surface area contributed by atoms with Crippen molar-refractivity contribution in [1.29, 1.82) is 0 Å². The molecule has 1 aromatic heterocycles. The highest BCUT2D eigenvalue weighted by Gasteiger charge is 2.56. The maximum Gasteiger partial charge on any atom is 0.305 e. The van der Waals surface area contributed by atoms with Gasteiger partial charge in [0, 0.05) is 55.4 Å². The predicted octanol–water partition coefficient (Wildman–Crippen LogP) is 0.890. The van der Waals surface area contributed by atoms with Gasteiger partial charge in [0.25, 0.3) is 0 Å². The van der Waals surface area contributed by atoms with Crippen LogP contribution < -0.4 is 4.74 Å². The molecular formula is C31H37FN2O19S2. The molecule has 3 rings (SSSR count). The molecule has 0 bridgehead atoms. The second-order valence-electron chi connectivity index (χ2n) is 11.3. The third-order valence-corrected chi connectivity index (χ3v) is 9.05. The lowest BCUT2D eigenvalue weighted by Crippen LogP contribution is -2.61. The Morgan fingerprint density at radius 1 is 0.491 bits per heavy atom. The van der Waals surface area contributed by atoms with Gasteiger partial charge in [-0.15, -0.1) is 10.2 Å². The average molecular weight is 825 g/mol. The number of rotatable bonds is 13. The van der Waals surface area contributed by atoms with Gasteiger partial charge in [-0.05, 0) is 0 Å². The zero-order chi connectivity index (χ0) is 41.3. The number of carbonyl (C=O) groups excluding carboxylic acids is 8. The quantitative estimate of drug-likeness (QED) is 0.197. The fourth-order valence-corrected chi connectivity index (χ4v) is 7.35. The summed E-state index contributed by atoms with van der Waals surface area (Å²) in [5.41, 5.74) is -3.24. The maximum atomic E-state index is 16.7. The molecule has 0 spiro atoms. The number of methoxy groups -OCH3 is 1. The average Bonchev–Trinajstić information content (AvgIpc) is 3.04. The van der Waals surface area contributed by atoms with Crippen LogP contribution in [0.3, 0.4) is 0 Å². The van der Waals surface area contributed by atoms with Gasteiger partial charge in [0.1, 0.15) is 4.90 Å². The van der Waals surface area contributed by atoms with Crippen LogP contribution in [0.5, 0.6) is 5.88 Å². The van der Waals surface area contributed by atoms with Crippen molar-refractivity contribution >= 4 is 71.3 Å². The van der Waals surface area contributed by atoms with Gasteiger partial charge in [0.15, 0.2) is 46.1 Å². The molecule has 55 heavy (non-hydrogen) atoms. The molecule has 10 unspecified atom stereocenters. The minimum absolute atomic E-state index is 0.393. The zero-order valence-electron chi connectivity index (χ0n) is 30.6. The monoisotopic (exact) mass is 824 g/mol. The molecule has 2 aliphatic rings. The molecule has 0 N–H and O–H groups in total. The summed E-state index contributed by atoms with van der Waals surface area (Å²) in [6, 6.07) is 0. The van der Waals surface area contributed by atoms with E-state index in [4.69, 9.17) is 52.1 Å². The van der Waals surface area contributed by atoms with E-state index in [2.05, 4.69) is 10.2 Å². The molecule has 3 heterocycles. The van der Waals surface area contributed by atoms with Crippen molar-refractivity contribution in [3.8, 4) is 5.88 Å². The van der Waals surface area contributed by atoms with Crippen LogP contribution >= 0.6 is 23.5 Å². The van der Waals surface area contributed by atoms with Crippen LogP contribution in [0, 0.1) is 5.82 Å². The zero-order valence-corrected chi connectivity index (χ0v) is 32.3. The second kappa shape index (κ2) is 19.7. The Hall–Kier alpha value is -4.81. The SMILES string of the molecule is COc1nnc(SC2OC(OC(C)=O)C(OC(C)=O)C(OC(C)=O)C2OC(C)=O)c(F)c1SC1OC(OC(C)=O)C(OC(C)=O)C(OC(C)=O)C1OC(C)=O. The van der Waals surface area contributed by atoms with Gasteiger partial charge in [0.2, 0.25) is 30.7 Å². The normalized spacial score (nSPS) is 27.3. The minimum Gasteiger partial charge on any atom is -0.479 e. The van der Waals surface area contributed by atoms with Crippen LogP contribution in [0.15, 0.2) is 9.92 Å². The molecule has 0 aromatic carbocycles. The number of aromatic nitrogens is 2. The van der Waals surface area contributed by atoms with Gasteiger partial charge in [-0.3, -0.25) is 38.4 Å². The van der Waals surface area contributed by atoms with Crippen LogP contribution in [0.2, 0.25) is 0 Å². The highest BCUT2D eigenvalue weighted by Crippen LogP contribution is 2.44. The summed E-state index contributed by atoms with van der Waals surface area (Å²) in [6.45, 7) is 7.98. The number of ether oxygens (including phenoxy) is 11. The number of halogens is 1. The predicted molar refractivity (Wildman–Crippen MR) is 174 cm³/mol. The molecule has 1 aromatic rings. The second-order valence-corrected chi connectivity index (χ2v) is 13.5. The molecular weight excluding hydrogens is 787 g/mol. The molecule has 21 nitrogen and oxygen atoms in total. The van der Waals surface area contributed by atoms with Crippen LogP contribution in [-0.4, -0.2) is 125 Å². The fraction of sp³-hybridized carbons (Fsp3) is 0.613. The Labute approximate surface area is 320 Å². The summed E-state index contributed by atoms with van der Waals surface area (Å²) < 4.78 is 76.0. The van der Waals surface area contributed by atoms with Gasteiger partial charge >= 0.3 is 47.8 Å². The third-order valence-electron chi connectivity index (χ3n) is 6.75. The minimum atomic E-state index is -1.80. The van der Waals surface area contributed by atoms with Crippen molar-refractivity contribution in [3.05, 3.63) is 5.82 Å². The van der Waals surface area contributed by atoms with Gasteiger partial charge < -0.3 is 52.1 Å². The van der Waals surface area contributed by atoms with E-state index in [-0.39, 0.29) is 0 Å². The first-order chi connectivity index (χ1) is 25.7. The lowest BCUT2D eigenvalue weighted by Gasteiger charge is -2.43. The first-order valence-corrected chi connectivity index (χ1v) is 17.6. The van der Waals surface area contributed by atoms with Gasteiger partial charge in [-0.25, -0.2) is 4.39 Å². The van der Waals surface area contributed by atoms with Crippen molar-refractivity contribution in [2.24, 2.45) is 0 Å². The van der Waals surface area contributed by atoms with Crippen LogP contribution in [0.4, 0.5) is 4.39 Å². The molecule has 0 saturated carbocycles. The van der Waals surface area contributed by atoms with E-state index < -0.39 is 129 Å². The van der Waals surface area contributed by atoms with Crippen LogP contribution in [0.1, 0.15) is 55.4 Å². The Bertz CT molecular complexity index is 1660. The van der Waals surface area contributed by atoms with Gasteiger partial charge in [-0.2, -0.15) is 0 Å². The van der Waals surface area contributed by atoms with Crippen molar-refractivity contribution in [2.75, 3.05) is 7.11 Å². The standard InChI is InChI=1S/C31H37FN2O19S2/c1-10(35)44-19-21(46-12(3)37)28(50-16(7)41)52-30(23(19)48-14(5)39)54-25-18(32)27(34-33-26(25)43-9)55-31-24(49-15(6)40)20(45-11(2)36)22(47-13(4)38)29(53-31)51-17(8)42/h19-24,28-31H,1-9H3. The van der Waals surface area contributed by atoms with Crippen molar-refractivity contribution in [1.82, 2.24) is 10.2 Å². The van der Waals surface area contributed by atoms with E-state index in [0.717, 1.165) is 62.5 Å². The van der Waals surface area contributed by atoms with Crippen molar-refractivity contribution < 1.29 is 94.9 Å². The van der Waals surface area contributed by atoms with E-state index in [1.807, 2.05) is 0 Å². The van der Waals surface area contributed by atoms with Gasteiger partial charge in [0.05, 0.1) is 7.11 Å². The number of thioether (sulfide) groups is 2. The summed E-state index contributed by atoms with van der Waals surface area (Å²) in [5, 5.41) is 7.10. The lowest BCUT2D eigenvalue weighted by molar-refractivity contribution is -0.280. The van der Waals surface area contributed by atoms with E-state index >= 15 is 4.39 Å². The van der Waals surface area contributed by atoms with Crippen molar-refractivity contribution in [2.45, 2.75) is 125 Å². The first-order valence-electron chi connectivity index (χ1n) is 15.8. The molecule has 24 heteroatoms. The topological polar surface area (TPSA) is 264 Å². The number of carbonyl (C=O) groups is 8. The number of nitrogens with zero attached hydrogens (tertiary/aromatic N) is 2. The van der Waals surface area contributed by atoms with E-state index in [9.17, 15) is 38.4 Å². The summed E-state index contributed by atoms with van der Waals surface area (Å²) in [5.74, 6) is -9.17. The Kier molecular flexibility index (Phi) is 16.0. The Morgan fingerprint density at radius 2 is 0.818 bits per heavy atom. The summed E-state index contributed by atoms with van der Waals surface area (Å²) in [4.78, 5) is 96.5. The summed E-state index contributed by atoms with van der Waals surface area (Å²) >= 11 is 0.821. The number of esters is 8. The first kappa shape index (κ1) is 44.6. The maximum absolute atomic E-state index is 16.7. The number of hydrogen-bond donors (Lipinski definition) is 0. The molecule has 2 saturated heterocycles. The molecule has 0 radical (unpaired) electrons. The molecule has 304 valence electrons. The van der Waals surface area contributed by atoms with Gasteiger partial charge in [-0.1, -0.05) is 23.5 Å². The highest BCUT2D eigenvalue weighted by molar-refractivity contribution is 8.00. The molecule has 2 fully saturated rings. The van der Waals surface area contributed by atoms with E-state index in [0.29, 0.717) is 23.5 Å². The molecule has 0 aliphatic carbocycles. The van der Waals surface area contributed by atoms with E-state index in [1.54, 1.807) is 0 Å². The fourth-order valence-electron chi connectivity index (χ4n) is 5.09. The smallest absolute Gasteiger partial charge is 0.305 e. The Balaban J connectivity index is 2.15. The third kappa shape index (κ3) is 12.3. The Morgan fingerprint density at radius 3 is 1.16 bits per heavy atom. The van der Waals surface area contributed by atoms with Crippen LogP contribution in [0.25, 0.3) is 0 Å². The van der Waals surface area contributed by atoms with Crippen molar-refractivity contribution in [3.63, 3.8) is 0 Å². The molecule has 0 amide bonds. The largest absolute Gasteiger partial charge is 0.479 e. The lowest BCUT2D eigenvalue weighted by atomic mass is 10.0. The highest BCUT2D eigenvalue weighted by atomic mass is 32.2. The summed E-state index contributed by atoms with van der Waals surface area (Å²) in [7, 11) is 1.11. The van der Waals surface area contributed by atoms with Crippen LogP contribution in [-0.2, 0) is 85.7 Å². The van der Waals surface area contributed by atoms with E-state index in [1.165, 1.54) is 0 Å². The molecule has 10 atom stereocenters.